The maximum Gasteiger partial charge on any atom is 0.419 e. The molecule has 2 heterocycles. The average molecular weight is 443 g/mol. The van der Waals surface area contributed by atoms with Gasteiger partial charge in [-0.05, 0) is 26.0 Å². The van der Waals surface area contributed by atoms with E-state index < -0.39 is 41.6 Å². The first kappa shape index (κ1) is 22.9. The second kappa shape index (κ2) is 8.39. The van der Waals surface area contributed by atoms with Crippen molar-refractivity contribution in [1.82, 2.24) is 10.2 Å². The van der Waals surface area contributed by atoms with E-state index in [0.717, 1.165) is 20.1 Å². The highest BCUT2D eigenvalue weighted by Crippen LogP contribution is 2.52. The largest absolute Gasteiger partial charge is 0.496 e. The summed E-state index contributed by atoms with van der Waals surface area (Å²) in [5, 5.41) is 9.67. The zero-order valence-corrected chi connectivity index (χ0v) is 17.2. The first-order chi connectivity index (χ1) is 14.5. The van der Waals surface area contributed by atoms with E-state index in [-0.39, 0.29) is 22.6 Å². The van der Waals surface area contributed by atoms with Crippen LogP contribution in [-0.4, -0.2) is 54.3 Å². The Hall–Kier alpha value is -2.79. The Kier molecular flexibility index (Phi) is 6.19. The second-order valence-corrected chi connectivity index (χ2v) is 7.24. The van der Waals surface area contributed by atoms with Crippen molar-refractivity contribution in [1.29, 1.82) is 0 Å². The number of aromatic nitrogens is 2. The standard InChI is InChI=1S/C20H21F4N3O4/c1-10-13(21)6-5-12(15(10)29-3)14-16(18(28)27-11-7-8-25-26-9-11)31-19(2,17(14)30-4)20(22,23)24/h5-9,14,16-17H,1-4H3,(H,25,27,28)/t14-,16+,17-,19+/m0/s1. The second-order valence-electron chi connectivity index (χ2n) is 7.24. The summed E-state index contributed by atoms with van der Waals surface area (Å²) in [6, 6.07) is 3.80. The fourth-order valence-corrected chi connectivity index (χ4v) is 3.85. The molecule has 0 unspecified atom stereocenters. The van der Waals surface area contributed by atoms with Crippen molar-refractivity contribution in [2.45, 2.75) is 43.8 Å². The lowest BCUT2D eigenvalue weighted by Crippen LogP contribution is -2.51. The number of rotatable bonds is 5. The Balaban J connectivity index is 2.13. The summed E-state index contributed by atoms with van der Waals surface area (Å²) >= 11 is 0. The van der Waals surface area contributed by atoms with Gasteiger partial charge in [0.05, 0.1) is 31.1 Å². The molecule has 1 aliphatic heterocycles. The van der Waals surface area contributed by atoms with Crippen molar-refractivity contribution in [3.05, 3.63) is 47.5 Å². The SMILES string of the molecule is COc1c([C@H]2[C@H](C(=O)Nc3ccnnc3)O[C@@](C)(C(F)(F)F)[C@H]2OC)ccc(F)c1C. The molecule has 31 heavy (non-hydrogen) atoms. The molecule has 0 spiro atoms. The molecule has 1 amide bonds. The number of amides is 1. The number of methoxy groups -OCH3 is 2. The number of carbonyl (C=O) groups excluding carboxylic acids is 1. The Labute approximate surface area is 175 Å². The van der Waals surface area contributed by atoms with Gasteiger partial charge >= 0.3 is 6.18 Å². The lowest BCUT2D eigenvalue weighted by atomic mass is 9.82. The molecule has 1 N–H and O–H groups in total. The fourth-order valence-electron chi connectivity index (χ4n) is 3.85. The van der Waals surface area contributed by atoms with Gasteiger partial charge in [-0.15, -0.1) is 0 Å². The number of carbonyl (C=O) groups is 1. The predicted octanol–water partition coefficient (Wildman–Crippen LogP) is 3.39. The molecular weight excluding hydrogens is 422 g/mol. The summed E-state index contributed by atoms with van der Waals surface area (Å²) in [7, 11) is 2.37. The minimum absolute atomic E-state index is 0.0189. The van der Waals surface area contributed by atoms with E-state index in [9.17, 15) is 22.4 Å². The van der Waals surface area contributed by atoms with Crippen molar-refractivity contribution in [2.24, 2.45) is 0 Å². The third-order valence-corrected chi connectivity index (χ3v) is 5.43. The number of ether oxygens (including phenoxy) is 3. The van der Waals surface area contributed by atoms with Crippen molar-refractivity contribution in [3.63, 3.8) is 0 Å². The molecule has 1 saturated heterocycles. The van der Waals surface area contributed by atoms with Gasteiger partial charge in [-0.3, -0.25) is 4.79 Å². The molecule has 168 valence electrons. The van der Waals surface area contributed by atoms with Crippen molar-refractivity contribution in [2.75, 3.05) is 19.5 Å². The third kappa shape index (κ3) is 3.94. The molecule has 0 bridgehead atoms. The maximum absolute atomic E-state index is 14.1. The highest BCUT2D eigenvalue weighted by molar-refractivity contribution is 5.95. The summed E-state index contributed by atoms with van der Waals surface area (Å²) in [6.07, 6.45) is -5.55. The van der Waals surface area contributed by atoms with E-state index in [1.54, 1.807) is 0 Å². The molecule has 3 rings (SSSR count). The lowest BCUT2D eigenvalue weighted by molar-refractivity contribution is -0.283. The predicted molar refractivity (Wildman–Crippen MR) is 101 cm³/mol. The first-order valence-corrected chi connectivity index (χ1v) is 9.23. The molecule has 0 radical (unpaired) electrons. The van der Waals surface area contributed by atoms with E-state index in [2.05, 4.69) is 15.5 Å². The van der Waals surface area contributed by atoms with Crippen LogP contribution in [-0.2, 0) is 14.3 Å². The molecule has 1 aromatic carbocycles. The number of halogens is 4. The number of nitrogens with zero attached hydrogens (tertiary/aromatic N) is 2. The van der Waals surface area contributed by atoms with Crippen molar-refractivity contribution < 1.29 is 36.6 Å². The zero-order chi connectivity index (χ0) is 23.0. The van der Waals surface area contributed by atoms with Crippen LogP contribution in [0.1, 0.15) is 24.0 Å². The van der Waals surface area contributed by atoms with E-state index in [1.165, 1.54) is 38.6 Å². The quantitative estimate of drug-likeness (QED) is 0.714. The number of benzene rings is 1. The number of hydrogen-bond acceptors (Lipinski definition) is 6. The van der Waals surface area contributed by atoms with Crippen LogP contribution in [0.3, 0.4) is 0 Å². The van der Waals surface area contributed by atoms with Gasteiger partial charge in [0.25, 0.3) is 5.91 Å². The molecule has 1 aromatic heterocycles. The van der Waals surface area contributed by atoms with Crippen LogP contribution in [0.15, 0.2) is 30.6 Å². The summed E-state index contributed by atoms with van der Waals surface area (Å²) in [5.41, 5.74) is -2.33. The summed E-state index contributed by atoms with van der Waals surface area (Å²) in [6.45, 7) is 2.24. The van der Waals surface area contributed by atoms with Gasteiger partial charge < -0.3 is 19.5 Å². The van der Waals surface area contributed by atoms with Crippen LogP contribution in [0.5, 0.6) is 5.75 Å². The van der Waals surface area contributed by atoms with Gasteiger partial charge in [0, 0.05) is 18.2 Å². The topological polar surface area (TPSA) is 82.6 Å². The van der Waals surface area contributed by atoms with Crippen LogP contribution < -0.4 is 10.1 Å². The third-order valence-electron chi connectivity index (χ3n) is 5.43. The van der Waals surface area contributed by atoms with Crippen LogP contribution in [0.2, 0.25) is 0 Å². The minimum Gasteiger partial charge on any atom is -0.496 e. The van der Waals surface area contributed by atoms with Crippen molar-refractivity contribution >= 4 is 11.6 Å². The molecule has 0 saturated carbocycles. The molecule has 11 heteroatoms. The number of alkyl halides is 3. The van der Waals surface area contributed by atoms with Crippen LogP contribution in [0, 0.1) is 12.7 Å². The maximum atomic E-state index is 14.1. The van der Waals surface area contributed by atoms with Crippen molar-refractivity contribution in [3.8, 4) is 5.75 Å². The number of hydrogen-bond donors (Lipinski definition) is 1. The minimum atomic E-state index is -4.86. The highest BCUT2D eigenvalue weighted by atomic mass is 19.4. The Morgan fingerprint density at radius 2 is 1.94 bits per heavy atom. The highest BCUT2D eigenvalue weighted by Gasteiger charge is 2.68. The molecule has 7 nitrogen and oxygen atoms in total. The van der Waals surface area contributed by atoms with Gasteiger partial charge in [-0.25, -0.2) is 4.39 Å². The Bertz CT molecular complexity index is 957. The molecule has 0 aliphatic carbocycles. The van der Waals surface area contributed by atoms with Gasteiger partial charge in [-0.1, -0.05) is 6.07 Å². The molecule has 2 aromatic rings. The van der Waals surface area contributed by atoms with Crippen LogP contribution in [0.4, 0.5) is 23.2 Å². The molecular formula is C20H21F4N3O4. The van der Waals surface area contributed by atoms with Gasteiger partial charge in [0.2, 0.25) is 0 Å². The first-order valence-electron chi connectivity index (χ1n) is 9.23. The number of nitrogens with one attached hydrogen (secondary N) is 1. The molecule has 1 fully saturated rings. The molecule has 4 atom stereocenters. The van der Waals surface area contributed by atoms with Gasteiger partial charge in [0.1, 0.15) is 23.8 Å². The summed E-state index contributed by atoms with van der Waals surface area (Å²) < 4.78 is 72.0. The number of anilines is 1. The van der Waals surface area contributed by atoms with E-state index in [0.29, 0.717) is 0 Å². The van der Waals surface area contributed by atoms with E-state index in [4.69, 9.17) is 14.2 Å². The monoisotopic (exact) mass is 443 g/mol. The van der Waals surface area contributed by atoms with Gasteiger partial charge in [0.15, 0.2) is 5.60 Å². The Morgan fingerprint density at radius 1 is 1.23 bits per heavy atom. The lowest BCUT2D eigenvalue weighted by Gasteiger charge is -2.33. The smallest absolute Gasteiger partial charge is 0.419 e. The normalized spacial score (nSPS) is 26.0. The average Bonchev–Trinajstić information content (AvgIpc) is 3.04. The zero-order valence-electron chi connectivity index (χ0n) is 17.2. The summed E-state index contributed by atoms with van der Waals surface area (Å²) in [4.78, 5) is 13.0. The van der Waals surface area contributed by atoms with E-state index in [1.807, 2.05) is 0 Å². The summed E-state index contributed by atoms with van der Waals surface area (Å²) in [5.74, 6) is -2.68. The van der Waals surface area contributed by atoms with Gasteiger partial charge in [-0.2, -0.15) is 23.4 Å². The fraction of sp³-hybridized carbons (Fsp3) is 0.450. The van der Waals surface area contributed by atoms with Crippen LogP contribution >= 0.6 is 0 Å². The van der Waals surface area contributed by atoms with Crippen LogP contribution in [0.25, 0.3) is 0 Å². The van der Waals surface area contributed by atoms with E-state index >= 15 is 0 Å². The molecule has 1 aliphatic rings. The Morgan fingerprint density at radius 3 is 2.48 bits per heavy atom.